The Labute approximate surface area is 206 Å². The summed E-state index contributed by atoms with van der Waals surface area (Å²) in [7, 11) is 4.11. The van der Waals surface area contributed by atoms with Gasteiger partial charge in [0.25, 0.3) is 0 Å². The predicted octanol–water partition coefficient (Wildman–Crippen LogP) is 5.73. The molecule has 2 aromatic heterocycles. The van der Waals surface area contributed by atoms with Gasteiger partial charge in [0.1, 0.15) is 6.04 Å². The summed E-state index contributed by atoms with van der Waals surface area (Å²) >= 11 is 5.90. The van der Waals surface area contributed by atoms with E-state index in [0.717, 1.165) is 22.8 Å². The quantitative estimate of drug-likeness (QED) is 0.379. The number of pyridine rings is 1. The summed E-state index contributed by atoms with van der Waals surface area (Å²) < 4.78 is 2.25. The third kappa shape index (κ3) is 3.94. The molecule has 5 nitrogen and oxygen atoms in total. The average molecular weight is 468 g/mol. The Bertz CT molecular complexity index is 1310. The minimum absolute atomic E-state index is 0.0620. The standard InChI is InChI=1S/C28H29N5S/c1-19-10-11-23(18-20(19)2)33-27(26(30-28(33)34)24-8-5-6-16-29-24)25-9-7-17-32(25)22-14-12-21(13-15-22)31(3)4/h5-18,26-27H,1-4H3,(H,30,34). The van der Waals surface area contributed by atoms with Crippen molar-refractivity contribution in [2.45, 2.75) is 25.9 Å². The van der Waals surface area contributed by atoms with Gasteiger partial charge < -0.3 is 19.7 Å². The molecule has 3 heterocycles. The van der Waals surface area contributed by atoms with Crippen molar-refractivity contribution in [3.05, 3.63) is 108 Å². The number of aromatic nitrogens is 2. The SMILES string of the molecule is Cc1ccc(N2C(=S)NC(c3ccccn3)C2c2cccn2-c2ccc(N(C)C)cc2)cc1C. The zero-order valence-corrected chi connectivity index (χ0v) is 20.8. The van der Waals surface area contributed by atoms with Crippen molar-refractivity contribution < 1.29 is 0 Å². The van der Waals surface area contributed by atoms with Gasteiger partial charge in [-0.3, -0.25) is 4.98 Å². The van der Waals surface area contributed by atoms with E-state index in [1.165, 1.54) is 16.8 Å². The van der Waals surface area contributed by atoms with E-state index in [9.17, 15) is 0 Å². The average Bonchev–Trinajstić information content (AvgIpc) is 3.46. The number of hydrogen-bond donors (Lipinski definition) is 1. The molecule has 1 fully saturated rings. The van der Waals surface area contributed by atoms with Crippen LogP contribution in [-0.4, -0.2) is 28.8 Å². The van der Waals surface area contributed by atoms with Crippen molar-refractivity contribution in [3.8, 4) is 5.69 Å². The van der Waals surface area contributed by atoms with E-state index >= 15 is 0 Å². The minimum Gasteiger partial charge on any atom is -0.378 e. The Morgan fingerprint density at radius 2 is 1.65 bits per heavy atom. The Kier molecular flexibility index (Phi) is 5.84. The fourth-order valence-electron chi connectivity index (χ4n) is 4.59. The third-order valence-electron chi connectivity index (χ3n) is 6.59. The second-order valence-electron chi connectivity index (χ2n) is 8.98. The predicted molar refractivity (Wildman–Crippen MR) is 144 cm³/mol. The van der Waals surface area contributed by atoms with Gasteiger partial charge in [0.15, 0.2) is 5.11 Å². The Hall–Kier alpha value is -3.64. The largest absolute Gasteiger partial charge is 0.378 e. The van der Waals surface area contributed by atoms with Gasteiger partial charge >= 0.3 is 0 Å². The molecule has 0 amide bonds. The molecule has 0 spiro atoms. The van der Waals surface area contributed by atoms with Crippen LogP contribution < -0.4 is 15.1 Å². The molecular formula is C28H29N5S. The van der Waals surface area contributed by atoms with Crippen LogP contribution in [0.5, 0.6) is 0 Å². The molecule has 2 unspecified atom stereocenters. The molecule has 1 aliphatic rings. The fourth-order valence-corrected chi connectivity index (χ4v) is 4.94. The molecule has 172 valence electrons. The lowest BCUT2D eigenvalue weighted by atomic mass is 10.00. The van der Waals surface area contributed by atoms with Crippen LogP contribution in [0, 0.1) is 13.8 Å². The maximum atomic E-state index is 5.90. The summed E-state index contributed by atoms with van der Waals surface area (Å²) in [5, 5.41) is 4.28. The second-order valence-corrected chi connectivity index (χ2v) is 9.37. The number of aryl methyl sites for hydroxylation is 2. The fraction of sp³-hybridized carbons (Fsp3) is 0.214. The molecule has 5 rings (SSSR count). The molecule has 0 radical (unpaired) electrons. The molecular weight excluding hydrogens is 438 g/mol. The molecule has 1 N–H and O–H groups in total. The van der Waals surface area contributed by atoms with E-state index < -0.39 is 0 Å². The molecule has 34 heavy (non-hydrogen) atoms. The van der Waals surface area contributed by atoms with Crippen LogP contribution in [0.15, 0.2) is 85.2 Å². The molecule has 0 aliphatic carbocycles. The molecule has 0 bridgehead atoms. The third-order valence-corrected chi connectivity index (χ3v) is 6.91. The highest BCUT2D eigenvalue weighted by atomic mass is 32.1. The van der Waals surface area contributed by atoms with E-state index in [1.807, 2.05) is 18.3 Å². The van der Waals surface area contributed by atoms with Crippen LogP contribution in [0.1, 0.15) is 34.6 Å². The maximum absolute atomic E-state index is 5.90. The van der Waals surface area contributed by atoms with Crippen LogP contribution in [0.3, 0.4) is 0 Å². The number of nitrogens with zero attached hydrogens (tertiary/aromatic N) is 4. The number of hydrogen-bond acceptors (Lipinski definition) is 3. The number of benzene rings is 2. The van der Waals surface area contributed by atoms with Crippen LogP contribution in [0.4, 0.5) is 11.4 Å². The highest BCUT2D eigenvalue weighted by Crippen LogP contribution is 2.42. The maximum Gasteiger partial charge on any atom is 0.174 e. The molecule has 1 saturated heterocycles. The Morgan fingerprint density at radius 3 is 2.32 bits per heavy atom. The van der Waals surface area contributed by atoms with Gasteiger partial charge in [-0.25, -0.2) is 0 Å². The van der Waals surface area contributed by atoms with Gasteiger partial charge in [-0.05, 0) is 97.9 Å². The van der Waals surface area contributed by atoms with Gasteiger partial charge in [0.05, 0.1) is 11.7 Å². The lowest BCUT2D eigenvalue weighted by molar-refractivity contribution is 0.549. The van der Waals surface area contributed by atoms with E-state index in [1.54, 1.807) is 0 Å². The number of nitrogens with one attached hydrogen (secondary N) is 1. The summed E-state index contributed by atoms with van der Waals surface area (Å²) in [6.07, 6.45) is 3.96. The number of anilines is 2. The first-order chi connectivity index (χ1) is 16.4. The zero-order chi connectivity index (χ0) is 23.8. The monoisotopic (exact) mass is 467 g/mol. The van der Waals surface area contributed by atoms with Gasteiger partial charge in [-0.15, -0.1) is 0 Å². The molecule has 6 heteroatoms. The van der Waals surface area contributed by atoms with E-state index in [-0.39, 0.29) is 12.1 Å². The van der Waals surface area contributed by atoms with Crippen LogP contribution in [0.2, 0.25) is 0 Å². The molecule has 1 aliphatic heterocycles. The highest BCUT2D eigenvalue weighted by Gasteiger charge is 2.42. The van der Waals surface area contributed by atoms with Crippen LogP contribution >= 0.6 is 12.2 Å². The first-order valence-electron chi connectivity index (χ1n) is 11.5. The van der Waals surface area contributed by atoms with Crippen molar-refractivity contribution in [1.29, 1.82) is 0 Å². The molecule has 4 aromatic rings. The van der Waals surface area contributed by atoms with Gasteiger partial charge in [-0.1, -0.05) is 12.1 Å². The normalized spacial score (nSPS) is 17.6. The summed E-state index contributed by atoms with van der Waals surface area (Å²) in [4.78, 5) is 9.03. The van der Waals surface area contributed by atoms with Crippen molar-refractivity contribution in [2.24, 2.45) is 0 Å². The molecule has 0 saturated carbocycles. The van der Waals surface area contributed by atoms with Crippen LogP contribution in [0.25, 0.3) is 5.69 Å². The smallest absolute Gasteiger partial charge is 0.174 e. The molecule has 2 aromatic carbocycles. The topological polar surface area (TPSA) is 36.3 Å². The second kappa shape index (κ2) is 8.95. The van der Waals surface area contributed by atoms with E-state index in [2.05, 4.69) is 119 Å². The summed E-state index contributed by atoms with van der Waals surface area (Å²) in [5.74, 6) is 0. The Morgan fingerprint density at radius 1 is 0.882 bits per heavy atom. The number of rotatable bonds is 5. The van der Waals surface area contributed by atoms with Crippen LogP contribution in [-0.2, 0) is 0 Å². The first kappa shape index (κ1) is 22.2. The van der Waals surface area contributed by atoms with Crippen molar-refractivity contribution in [3.63, 3.8) is 0 Å². The summed E-state index contributed by atoms with van der Waals surface area (Å²) in [6.45, 7) is 4.28. The first-order valence-corrected chi connectivity index (χ1v) is 11.9. The van der Waals surface area contributed by atoms with Crippen molar-refractivity contribution in [1.82, 2.24) is 14.9 Å². The molecule has 2 atom stereocenters. The highest BCUT2D eigenvalue weighted by molar-refractivity contribution is 7.80. The van der Waals surface area contributed by atoms with Gasteiger partial charge in [0, 0.05) is 49.2 Å². The lowest BCUT2D eigenvalue weighted by Gasteiger charge is -2.29. The van der Waals surface area contributed by atoms with Gasteiger partial charge in [0.2, 0.25) is 0 Å². The van der Waals surface area contributed by atoms with Crippen molar-refractivity contribution in [2.75, 3.05) is 23.9 Å². The zero-order valence-electron chi connectivity index (χ0n) is 19.9. The van der Waals surface area contributed by atoms with Gasteiger partial charge in [-0.2, -0.15) is 0 Å². The Balaban J connectivity index is 1.64. The minimum atomic E-state index is -0.0787. The number of thiocarbonyl (C=S) groups is 1. The lowest BCUT2D eigenvalue weighted by Crippen LogP contribution is -2.30. The van der Waals surface area contributed by atoms with E-state index in [4.69, 9.17) is 12.2 Å². The summed E-state index contributed by atoms with van der Waals surface area (Å²) in [6, 6.07) is 25.3. The van der Waals surface area contributed by atoms with Crippen molar-refractivity contribution >= 4 is 28.7 Å². The summed E-state index contributed by atoms with van der Waals surface area (Å²) in [5.41, 5.74) is 8.00. The van der Waals surface area contributed by atoms with E-state index in [0.29, 0.717) is 5.11 Å².